The molecule has 2 aromatic carbocycles. The molecule has 0 bridgehead atoms. The quantitative estimate of drug-likeness (QED) is 0.247. The van der Waals surface area contributed by atoms with Crippen molar-refractivity contribution >= 4 is 41.4 Å². The minimum atomic E-state index is -1.18. The Bertz CT molecular complexity index is 1560. The number of pyridine rings is 1. The van der Waals surface area contributed by atoms with Crippen LogP contribution in [0.2, 0.25) is 0 Å². The van der Waals surface area contributed by atoms with Crippen LogP contribution in [0.25, 0.3) is 22.7 Å². The highest BCUT2D eigenvalue weighted by Crippen LogP contribution is 2.33. The van der Waals surface area contributed by atoms with Crippen LogP contribution in [0.4, 0.5) is 11.4 Å². The number of aromatic hydroxyl groups is 1. The van der Waals surface area contributed by atoms with Crippen LogP contribution in [0.15, 0.2) is 59.1 Å². The number of carbonyl (C=O) groups is 3. The second kappa shape index (κ2) is 11.4. The molecule has 4 N–H and O–H groups in total. The number of aliphatic carboxylic acids is 2. The highest BCUT2D eigenvalue weighted by molar-refractivity contribution is 5.87. The van der Waals surface area contributed by atoms with Crippen molar-refractivity contribution in [2.75, 3.05) is 18.0 Å². The van der Waals surface area contributed by atoms with Gasteiger partial charge in [0, 0.05) is 11.3 Å². The zero-order valence-corrected chi connectivity index (χ0v) is 20.0. The smallest absolute Gasteiger partial charge is 0.335 e. The highest BCUT2D eigenvalue weighted by atomic mass is 16.4. The molecule has 0 aliphatic heterocycles. The van der Waals surface area contributed by atoms with E-state index in [-0.39, 0.29) is 28.1 Å². The van der Waals surface area contributed by atoms with E-state index in [9.17, 15) is 24.3 Å². The molecule has 0 fully saturated rings. The van der Waals surface area contributed by atoms with E-state index < -0.39 is 42.4 Å². The van der Waals surface area contributed by atoms with E-state index in [1.807, 2.05) is 0 Å². The lowest BCUT2D eigenvalue weighted by atomic mass is 10.1. The summed E-state index contributed by atoms with van der Waals surface area (Å²) in [6, 6.07) is 11.6. The van der Waals surface area contributed by atoms with Crippen LogP contribution in [0.1, 0.15) is 27.0 Å². The molecule has 0 saturated carbocycles. The fourth-order valence-corrected chi connectivity index (χ4v) is 3.64. The molecule has 0 spiro atoms. The SMILES string of the molecule is [C-]#[N+]c1c(C)c(C=C=Cc2ccc(N(CC(=O)O)CC(=O)O)cc2)c(=O)n(-c2ccc(C(=O)O)cc2)c1O. The minimum Gasteiger partial charge on any atom is -0.502 e. The van der Waals surface area contributed by atoms with Crippen molar-refractivity contribution in [3.8, 4) is 11.6 Å². The standard InChI is InChI=1S/C27H21N3O8/c1-16-21(5-3-4-17-6-10-19(11-7-17)29(14-22(31)32)15-23(33)34)25(35)30(26(36)24(16)28-2)20-12-8-18(9-13-20)27(37)38/h4-13,36H,14-15H2,1H3,(H,31,32)(H,33,34)(H,37,38). The first-order valence-corrected chi connectivity index (χ1v) is 10.9. The number of rotatable bonds is 9. The van der Waals surface area contributed by atoms with Gasteiger partial charge in [-0.3, -0.25) is 19.0 Å². The number of carboxylic acid groups (broad SMARTS) is 3. The predicted octanol–water partition coefficient (Wildman–Crippen LogP) is 3.40. The lowest BCUT2D eigenvalue weighted by Gasteiger charge is -2.20. The van der Waals surface area contributed by atoms with Crippen LogP contribution >= 0.6 is 0 Å². The summed E-state index contributed by atoms with van der Waals surface area (Å²) in [4.78, 5) is 51.0. The molecule has 0 unspecified atom stereocenters. The Morgan fingerprint density at radius 3 is 2.05 bits per heavy atom. The van der Waals surface area contributed by atoms with Crippen LogP contribution in [-0.2, 0) is 9.59 Å². The van der Waals surface area contributed by atoms with Gasteiger partial charge in [0.25, 0.3) is 5.56 Å². The third kappa shape index (κ3) is 5.96. The minimum absolute atomic E-state index is 0.0121. The molecular weight excluding hydrogens is 494 g/mol. The number of aromatic carboxylic acids is 1. The fourth-order valence-electron chi connectivity index (χ4n) is 3.64. The molecule has 0 amide bonds. The topological polar surface area (TPSA) is 162 Å². The molecule has 1 aromatic heterocycles. The molecule has 1 heterocycles. The van der Waals surface area contributed by atoms with E-state index >= 15 is 0 Å². The zero-order valence-electron chi connectivity index (χ0n) is 20.0. The summed E-state index contributed by atoms with van der Waals surface area (Å²) in [6.45, 7) is 7.97. The van der Waals surface area contributed by atoms with E-state index in [0.717, 1.165) is 4.57 Å². The maximum atomic E-state index is 13.2. The van der Waals surface area contributed by atoms with Crippen LogP contribution in [-0.4, -0.2) is 56.0 Å². The molecule has 11 nitrogen and oxygen atoms in total. The molecule has 38 heavy (non-hydrogen) atoms. The van der Waals surface area contributed by atoms with E-state index in [1.165, 1.54) is 48.2 Å². The van der Waals surface area contributed by atoms with Crippen molar-refractivity contribution in [1.82, 2.24) is 4.57 Å². The molecule has 0 radical (unpaired) electrons. The van der Waals surface area contributed by atoms with Gasteiger partial charge in [0.1, 0.15) is 13.1 Å². The Morgan fingerprint density at radius 2 is 1.55 bits per heavy atom. The lowest BCUT2D eigenvalue weighted by molar-refractivity contribution is -0.136. The van der Waals surface area contributed by atoms with Gasteiger partial charge in [-0.05, 0) is 66.6 Å². The number of nitrogens with zero attached hydrogens (tertiary/aromatic N) is 3. The molecule has 0 aliphatic carbocycles. The lowest BCUT2D eigenvalue weighted by Crippen LogP contribution is -2.34. The first kappa shape index (κ1) is 27.0. The summed E-state index contributed by atoms with van der Waals surface area (Å²) in [5, 5.41) is 37.7. The van der Waals surface area contributed by atoms with Gasteiger partial charge in [-0.2, -0.15) is 0 Å². The number of hydrogen-bond donors (Lipinski definition) is 4. The van der Waals surface area contributed by atoms with Crippen LogP contribution < -0.4 is 10.5 Å². The van der Waals surface area contributed by atoms with Gasteiger partial charge < -0.3 is 25.3 Å². The second-order valence-corrected chi connectivity index (χ2v) is 8.01. The number of aromatic nitrogens is 1. The summed E-state index contributed by atoms with van der Waals surface area (Å²) in [5.41, 5.74) is 3.54. The Hall–Kier alpha value is -5.59. The normalized spacial score (nSPS) is 10.1. The first-order chi connectivity index (χ1) is 18.0. The third-order valence-electron chi connectivity index (χ3n) is 5.49. The van der Waals surface area contributed by atoms with Crippen molar-refractivity contribution in [1.29, 1.82) is 0 Å². The van der Waals surface area contributed by atoms with Gasteiger partial charge in [0.2, 0.25) is 11.6 Å². The van der Waals surface area contributed by atoms with E-state index in [4.69, 9.17) is 21.9 Å². The Balaban J connectivity index is 2.00. The van der Waals surface area contributed by atoms with Gasteiger partial charge in [0.05, 0.1) is 17.8 Å². The average Bonchev–Trinajstić information content (AvgIpc) is 2.86. The first-order valence-electron chi connectivity index (χ1n) is 10.9. The van der Waals surface area contributed by atoms with E-state index in [1.54, 1.807) is 24.3 Å². The summed E-state index contributed by atoms with van der Waals surface area (Å²) >= 11 is 0. The monoisotopic (exact) mass is 515 g/mol. The molecule has 192 valence electrons. The summed E-state index contributed by atoms with van der Waals surface area (Å²) in [7, 11) is 0. The molecule has 3 aromatic rings. The van der Waals surface area contributed by atoms with Crippen molar-refractivity contribution < 1.29 is 34.8 Å². The molecular formula is C27H21N3O8. The molecule has 0 atom stereocenters. The van der Waals surface area contributed by atoms with Gasteiger partial charge in [0.15, 0.2) is 0 Å². The highest BCUT2D eigenvalue weighted by Gasteiger charge is 2.19. The van der Waals surface area contributed by atoms with E-state index in [0.29, 0.717) is 11.3 Å². The van der Waals surface area contributed by atoms with Gasteiger partial charge >= 0.3 is 17.9 Å². The number of anilines is 1. The van der Waals surface area contributed by atoms with Crippen molar-refractivity contribution in [2.45, 2.75) is 6.92 Å². The largest absolute Gasteiger partial charge is 0.502 e. The molecule has 3 rings (SSSR count). The van der Waals surface area contributed by atoms with Crippen LogP contribution in [0.5, 0.6) is 5.88 Å². The van der Waals surface area contributed by atoms with Crippen LogP contribution in [0.3, 0.4) is 0 Å². The molecule has 0 saturated heterocycles. The number of benzene rings is 2. The zero-order chi connectivity index (χ0) is 28.0. The summed E-state index contributed by atoms with van der Waals surface area (Å²) < 4.78 is 0.911. The fraction of sp³-hybridized carbons (Fsp3) is 0.111. The van der Waals surface area contributed by atoms with Crippen molar-refractivity contribution in [2.24, 2.45) is 0 Å². The van der Waals surface area contributed by atoms with Gasteiger partial charge in [-0.15, -0.1) is 5.73 Å². The number of carboxylic acids is 3. The van der Waals surface area contributed by atoms with Gasteiger partial charge in [-0.25, -0.2) is 9.64 Å². The summed E-state index contributed by atoms with van der Waals surface area (Å²) in [5.74, 6) is -4.08. The summed E-state index contributed by atoms with van der Waals surface area (Å²) in [6.07, 6.45) is 2.88. The Labute approximate surface area is 215 Å². The van der Waals surface area contributed by atoms with E-state index in [2.05, 4.69) is 10.6 Å². The maximum Gasteiger partial charge on any atom is 0.335 e. The average molecular weight is 515 g/mol. The van der Waals surface area contributed by atoms with Crippen molar-refractivity contribution in [3.63, 3.8) is 0 Å². The Morgan fingerprint density at radius 1 is 0.974 bits per heavy atom. The number of hydrogen-bond acceptors (Lipinski definition) is 6. The molecule has 11 heteroatoms. The third-order valence-corrected chi connectivity index (χ3v) is 5.49. The van der Waals surface area contributed by atoms with Crippen molar-refractivity contribution in [3.05, 3.63) is 98.3 Å². The predicted molar refractivity (Wildman–Crippen MR) is 138 cm³/mol. The Kier molecular flexibility index (Phi) is 8.12. The maximum absolute atomic E-state index is 13.2. The molecule has 0 aliphatic rings. The van der Waals surface area contributed by atoms with Crippen LogP contribution in [0, 0.1) is 13.5 Å². The van der Waals surface area contributed by atoms with Gasteiger partial charge in [-0.1, -0.05) is 12.1 Å². The second-order valence-electron chi connectivity index (χ2n) is 8.01.